The Labute approximate surface area is 226 Å². The molecule has 2 atom stereocenters. The van der Waals surface area contributed by atoms with E-state index >= 15 is 0 Å². The van der Waals surface area contributed by atoms with E-state index in [1.807, 2.05) is 78.9 Å². The van der Waals surface area contributed by atoms with Crippen LogP contribution in [0.3, 0.4) is 0 Å². The topological polar surface area (TPSA) is 103 Å². The summed E-state index contributed by atoms with van der Waals surface area (Å²) in [5.41, 5.74) is -0.592. The van der Waals surface area contributed by atoms with Gasteiger partial charge in [-0.05, 0) is 60.7 Å². The maximum Gasteiger partial charge on any atom is 0.330 e. The van der Waals surface area contributed by atoms with Crippen LogP contribution in [0.1, 0.15) is 35.1 Å². The second kappa shape index (κ2) is 10.6. The third-order valence-electron chi connectivity index (χ3n) is 7.72. The van der Waals surface area contributed by atoms with Crippen LogP contribution >= 0.6 is 0 Å². The summed E-state index contributed by atoms with van der Waals surface area (Å²) < 4.78 is 19.3. The van der Waals surface area contributed by atoms with Crippen molar-refractivity contribution in [1.29, 1.82) is 0 Å². The second-order valence-electron chi connectivity index (χ2n) is 9.76. The Morgan fingerprint density at radius 3 is 1.95 bits per heavy atom. The number of methoxy groups -OCH3 is 2. The molecule has 0 spiro atoms. The van der Waals surface area contributed by atoms with Crippen molar-refractivity contribution >= 4 is 0 Å². The van der Waals surface area contributed by atoms with Gasteiger partial charge in [-0.3, -0.25) is 14.3 Å². The zero-order chi connectivity index (χ0) is 27.6. The quantitative estimate of drug-likeness (QED) is 0.338. The van der Waals surface area contributed by atoms with Gasteiger partial charge in [0.2, 0.25) is 0 Å². The molecule has 0 bridgehead atoms. The first-order chi connectivity index (χ1) is 18.9. The number of ether oxygens (including phenoxy) is 3. The standard InChI is InChI=1S/C31H32N2O6/c1-21-19-33(29(36)32-28(21)35)30(18-17-27(20-34)39-30)31(22-7-5-4-6-8-22,23-9-13-25(37-2)14-10-23)24-11-15-26(38-3)16-12-24/h4-16,19,27,34H,17-18,20H2,1-3H3,(H,32,35,36)/t27-,30-/m0/s1. The molecule has 0 unspecified atom stereocenters. The Hall–Kier alpha value is -4.14. The zero-order valence-electron chi connectivity index (χ0n) is 22.2. The van der Waals surface area contributed by atoms with E-state index in [9.17, 15) is 14.7 Å². The third-order valence-corrected chi connectivity index (χ3v) is 7.72. The lowest BCUT2D eigenvalue weighted by atomic mass is 9.61. The molecule has 1 saturated heterocycles. The van der Waals surface area contributed by atoms with E-state index in [0.717, 1.165) is 16.7 Å². The Kier molecular flexibility index (Phi) is 7.16. The Bertz CT molecular complexity index is 1500. The number of benzene rings is 3. The van der Waals surface area contributed by atoms with Gasteiger partial charge in [-0.2, -0.15) is 0 Å². The first-order valence-electron chi connectivity index (χ1n) is 12.9. The van der Waals surface area contributed by atoms with Crippen molar-refractivity contribution in [2.75, 3.05) is 20.8 Å². The molecule has 39 heavy (non-hydrogen) atoms. The van der Waals surface area contributed by atoms with Crippen molar-refractivity contribution in [2.24, 2.45) is 0 Å². The summed E-state index contributed by atoms with van der Waals surface area (Å²) in [4.78, 5) is 28.6. The van der Waals surface area contributed by atoms with Crippen LogP contribution in [-0.4, -0.2) is 41.6 Å². The smallest absolute Gasteiger partial charge is 0.330 e. The van der Waals surface area contributed by atoms with E-state index in [1.165, 1.54) is 4.57 Å². The number of aromatic amines is 1. The van der Waals surface area contributed by atoms with E-state index < -0.39 is 28.5 Å². The highest BCUT2D eigenvalue weighted by Crippen LogP contribution is 2.56. The first-order valence-corrected chi connectivity index (χ1v) is 12.9. The van der Waals surface area contributed by atoms with Crippen molar-refractivity contribution in [3.8, 4) is 11.5 Å². The van der Waals surface area contributed by atoms with Crippen LogP contribution in [0.15, 0.2) is 94.6 Å². The van der Waals surface area contributed by atoms with Crippen molar-refractivity contribution in [2.45, 2.75) is 37.0 Å². The van der Waals surface area contributed by atoms with E-state index in [2.05, 4.69) is 4.98 Å². The van der Waals surface area contributed by atoms with Crippen LogP contribution < -0.4 is 20.7 Å². The fourth-order valence-electron chi connectivity index (χ4n) is 5.89. The normalized spacial score (nSPS) is 19.1. The van der Waals surface area contributed by atoms with Gasteiger partial charge in [0, 0.05) is 11.8 Å². The molecule has 8 heteroatoms. The van der Waals surface area contributed by atoms with Crippen LogP contribution in [0.5, 0.6) is 11.5 Å². The monoisotopic (exact) mass is 528 g/mol. The van der Waals surface area contributed by atoms with Gasteiger partial charge in [0.1, 0.15) is 11.5 Å². The minimum atomic E-state index is -1.36. The van der Waals surface area contributed by atoms with Crippen molar-refractivity contribution in [3.63, 3.8) is 0 Å². The molecule has 2 heterocycles. The highest BCUT2D eigenvalue weighted by atomic mass is 16.5. The van der Waals surface area contributed by atoms with Gasteiger partial charge in [-0.15, -0.1) is 0 Å². The molecule has 0 aliphatic carbocycles. The highest BCUT2D eigenvalue weighted by Gasteiger charge is 2.61. The number of hydrogen-bond donors (Lipinski definition) is 2. The largest absolute Gasteiger partial charge is 0.497 e. The number of nitrogens with one attached hydrogen (secondary N) is 1. The molecular formula is C31H32N2O6. The second-order valence-corrected chi connectivity index (χ2v) is 9.76. The summed E-state index contributed by atoms with van der Waals surface area (Å²) in [6.07, 6.45) is 1.92. The van der Waals surface area contributed by atoms with Gasteiger partial charge in [0.25, 0.3) is 5.56 Å². The van der Waals surface area contributed by atoms with Crippen molar-refractivity contribution in [3.05, 3.63) is 128 Å². The number of nitrogens with zero attached hydrogens (tertiary/aromatic N) is 1. The van der Waals surface area contributed by atoms with Gasteiger partial charge in [-0.1, -0.05) is 54.6 Å². The average Bonchev–Trinajstić information content (AvgIpc) is 3.42. The number of rotatable bonds is 8. The highest BCUT2D eigenvalue weighted by molar-refractivity contribution is 5.55. The molecule has 1 fully saturated rings. The van der Waals surface area contributed by atoms with Crippen molar-refractivity contribution < 1.29 is 19.3 Å². The summed E-state index contributed by atoms with van der Waals surface area (Å²) in [6.45, 7) is 1.45. The van der Waals surface area contributed by atoms with Gasteiger partial charge in [0.15, 0.2) is 5.72 Å². The van der Waals surface area contributed by atoms with Crippen LogP contribution in [-0.2, 0) is 15.9 Å². The first kappa shape index (κ1) is 26.5. The molecule has 1 aliphatic rings. The molecule has 5 rings (SSSR count). The van der Waals surface area contributed by atoms with E-state index in [1.54, 1.807) is 27.3 Å². The maximum atomic E-state index is 13.6. The van der Waals surface area contributed by atoms with E-state index in [-0.39, 0.29) is 6.61 Å². The third kappa shape index (κ3) is 4.26. The van der Waals surface area contributed by atoms with Gasteiger partial charge < -0.3 is 19.3 Å². The number of aliphatic hydroxyl groups excluding tert-OH is 1. The molecule has 0 amide bonds. The van der Waals surface area contributed by atoms with Crippen LogP contribution in [0.4, 0.5) is 0 Å². The molecule has 1 aromatic heterocycles. The van der Waals surface area contributed by atoms with Gasteiger partial charge in [0.05, 0.1) is 32.3 Å². The maximum absolute atomic E-state index is 13.6. The number of aromatic nitrogens is 2. The lowest BCUT2D eigenvalue weighted by molar-refractivity contribution is -0.144. The minimum Gasteiger partial charge on any atom is -0.497 e. The van der Waals surface area contributed by atoms with Crippen LogP contribution in [0.25, 0.3) is 0 Å². The van der Waals surface area contributed by atoms with Gasteiger partial charge in [-0.25, -0.2) is 4.79 Å². The summed E-state index contributed by atoms with van der Waals surface area (Å²) in [6, 6.07) is 25.2. The number of hydrogen-bond acceptors (Lipinski definition) is 6. The molecule has 3 aromatic carbocycles. The molecule has 0 saturated carbocycles. The Morgan fingerprint density at radius 1 is 0.923 bits per heavy atom. The summed E-state index contributed by atoms with van der Waals surface area (Å²) >= 11 is 0. The fraction of sp³-hybridized carbons (Fsp3) is 0.290. The molecule has 2 N–H and O–H groups in total. The predicted molar refractivity (Wildman–Crippen MR) is 148 cm³/mol. The molecule has 8 nitrogen and oxygen atoms in total. The molecule has 4 aromatic rings. The van der Waals surface area contributed by atoms with Crippen LogP contribution in [0.2, 0.25) is 0 Å². The molecule has 0 radical (unpaired) electrons. The predicted octanol–water partition coefficient (Wildman–Crippen LogP) is 3.72. The zero-order valence-corrected chi connectivity index (χ0v) is 22.2. The van der Waals surface area contributed by atoms with Crippen LogP contribution in [0, 0.1) is 6.92 Å². The number of aryl methyl sites for hydroxylation is 1. The SMILES string of the molecule is COc1ccc(C(c2ccccc2)(c2ccc(OC)cc2)[C@]2(n3cc(C)c(=O)[nH]c3=O)CC[C@@H](CO)O2)cc1. The fourth-order valence-corrected chi connectivity index (χ4v) is 5.89. The van der Waals surface area contributed by atoms with Crippen molar-refractivity contribution in [1.82, 2.24) is 9.55 Å². The lowest BCUT2D eigenvalue weighted by Crippen LogP contribution is -2.59. The Balaban J connectivity index is 1.97. The van der Waals surface area contributed by atoms with E-state index in [0.29, 0.717) is 29.9 Å². The molecular weight excluding hydrogens is 496 g/mol. The molecule has 1 aliphatic heterocycles. The summed E-state index contributed by atoms with van der Waals surface area (Å²) in [7, 11) is 3.22. The summed E-state index contributed by atoms with van der Waals surface area (Å²) in [5, 5.41) is 10.2. The minimum absolute atomic E-state index is 0.213. The van der Waals surface area contributed by atoms with E-state index in [4.69, 9.17) is 14.2 Å². The summed E-state index contributed by atoms with van der Waals surface area (Å²) in [5.74, 6) is 1.37. The molecule has 202 valence electrons. The Morgan fingerprint density at radius 2 is 1.46 bits per heavy atom. The number of H-pyrrole nitrogens is 1. The average molecular weight is 529 g/mol. The lowest BCUT2D eigenvalue weighted by Gasteiger charge is -2.50. The number of aliphatic hydroxyl groups is 1. The van der Waals surface area contributed by atoms with Gasteiger partial charge >= 0.3 is 5.69 Å².